The summed E-state index contributed by atoms with van der Waals surface area (Å²) in [7, 11) is 1.84. The number of nitrogens with one attached hydrogen (secondary N) is 1. The number of halogens is 1. The second-order valence-corrected chi connectivity index (χ2v) is 4.46. The first-order valence-corrected chi connectivity index (χ1v) is 6.21. The summed E-state index contributed by atoms with van der Waals surface area (Å²) in [5.74, 6) is -0.148. The molecular weight excluding hydrogens is 276 g/mol. The Bertz CT molecular complexity index is 541. The highest BCUT2D eigenvalue weighted by Gasteiger charge is 2.13. The van der Waals surface area contributed by atoms with Crippen LogP contribution in [0.3, 0.4) is 0 Å². The molecule has 0 aliphatic carbocycles. The van der Waals surface area contributed by atoms with Crippen molar-refractivity contribution < 1.29 is 4.79 Å². The number of hydrogen-bond donors (Lipinski definition) is 2. The fourth-order valence-corrected chi connectivity index (χ4v) is 1.84. The summed E-state index contributed by atoms with van der Waals surface area (Å²) in [6.45, 7) is 0.442. The van der Waals surface area contributed by atoms with Gasteiger partial charge in [-0.1, -0.05) is 30.3 Å². The van der Waals surface area contributed by atoms with Gasteiger partial charge in [0.15, 0.2) is 0 Å². The molecule has 6 heteroatoms. The highest BCUT2D eigenvalue weighted by molar-refractivity contribution is 5.85. The summed E-state index contributed by atoms with van der Waals surface area (Å²) in [6.07, 6.45) is 2.24. The fraction of sp³-hybridized carbons (Fsp3) is 0.286. The number of benzene rings is 1. The molecule has 1 heterocycles. The van der Waals surface area contributed by atoms with Gasteiger partial charge in [0.1, 0.15) is 0 Å². The number of carbonyl (C=O) groups excluding carboxylic acids is 1. The second kappa shape index (κ2) is 7.67. The lowest BCUT2D eigenvalue weighted by atomic mass is 10.1. The molecular formula is C14H19ClN4O. The van der Waals surface area contributed by atoms with E-state index in [1.165, 1.54) is 0 Å². The SMILES string of the molecule is Cl.Cn1nccc1CNC(=O)C(N)Cc1ccccc1. The molecule has 0 saturated carbocycles. The number of amides is 1. The summed E-state index contributed by atoms with van der Waals surface area (Å²) < 4.78 is 1.73. The Labute approximate surface area is 124 Å². The standard InChI is InChI=1S/C14H18N4O.ClH/c1-18-12(7-8-17-18)10-16-14(19)13(15)9-11-5-3-2-4-6-11;/h2-8,13H,9-10,15H2,1H3,(H,16,19);1H. The van der Waals surface area contributed by atoms with Crippen LogP contribution in [-0.2, 0) is 24.8 Å². The zero-order valence-corrected chi connectivity index (χ0v) is 12.1. The quantitative estimate of drug-likeness (QED) is 0.865. The molecule has 1 unspecified atom stereocenters. The maximum atomic E-state index is 11.9. The molecule has 1 aromatic heterocycles. The van der Waals surface area contributed by atoms with Gasteiger partial charge in [-0.3, -0.25) is 9.48 Å². The van der Waals surface area contributed by atoms with Crippen LogP contribution in [0, 0.1) is 0 Å². The van der Waals surface area contributed by atoms with Crippen molar-refractivity contribution in [2.75, 3.05) is 0 Å². The molecule has 0 aliphatic heterocycles. The smallest absolute Gasteiger partial charge is 0.237 e. The number of aromatic nitrogens is 2. The average Bonchev–Trinajstić information content (AvgIpc) is 2.82. The first-order valence-electron chi connectivity index (χ1n) is 6.21. The van der Waals surface area contributed by atoms with Crippen LogP contribution >= 0.6 is 12.4 Å². The molecule has 0 aliphatic rings. The van der Waals surface area contributed by atoms with Crippen molar-refractivity contribution in [1.82, 2.24) is 15.1 Å². The molecule has 1 aromatic carbocycles. The molecule has 2 aromatic rings. The van der Waals surface area contributed by atoms with Crippen LogP contribution in [0.5, 0.6) is 0 Å². The summed E-state index contributed by atoms with van der Waals surface area (Å²) in [5, 5.41) is 6.86. The number of nitrogens with zero attached hydrogens (tertiary/aromatic N) is 2. The Morgan fingerprint density at radius 2 is 2.05 bits per heavy atom. The topological polar surface area (TPSA) is 72.9 Å². The van der Waals surface area contributed by atoms with Crippen LogP contribution in [0.4, 0.5) is 0 Å². The lowest BCUT2D eigenvalue weighted by Gasteiger charge is -2.12. The van der Waals surface area contributed by atoms with Gasteiger partial charge in [-0.2, -0.15) is 5.10 Å². The van der Waals surface area contributed by atoms with E-state index in [0.29, 0.717) is 13.0 Å². The van der Waals surface area contributed by atoms with E-state index in [0.717, 1.165) is 11.3 Å². The largest absolute Gasteiger partial charge is 0.349 e. The first-order chi connectivity index (χ1) is 9.16. The molecule has 0 radical (unpaired) electrons. The van der Waals surface area contributed by atoms with E-state index in [9.17, 15) is 4.79 Å². The Morgan fingerprint density at radius 1 is 1.35 bits per heavy atom. The summed E-state index contributed by atoms with van der Waals surface area (Å²) >= 11 is 0. The van der Waals surface area contributed by atoms with Crippen LogP contribution in [0.1, 0.15) is 11.3 Å². The Balaban J connectivity index is 0.00000200. The lowest BCUT2D eigenvalue weighted by molar-refractivity contribution is -0.122. The van der Waals surface area contributed by atoms with Crippen molar-refractivity contribution in [3.63, 3.8) is 0 Å². The fourth-order valence-electron chi connectivity index (χ4n) is 1.84. The number of aryl methyl sites for hydroxylation is 1. The van der Waals surface area contributed by atoms with E-state index in [1.807, 2.05) is 43.4 Å². The molecule has 20 heavy (non-hydrogen) atoms. The van der Waals surface area contributed by atoms with Crippen molar-refractivity contribution in [3.8, 4) is 0 Å². The van der Waals surface area contributed by atoms with E-state index in [1.54, 1.807) is 10.9 Å². The minimum absolute atomic E-state index is 0. The third-order valence-electron chi connectivity index (χ3n) is 3.00. The van der Waals surface area contributed by atoms with Gasteiger partial charge in [0.25, 0.3) is 0 Å². The minimum atomic E-state index is -0.532. The first kappa shape index (κ1) is 16.2. The van der Waals surface area contributed by atoms with Crippen LogP contribution < -0.4 is 11.1 Å². The molecule has 1 amide bonds. The third kappa shape index (κ3) is 4.36. The van der Waals surface area contributed by atoms with Crippen molar-refractivity contribution >= 4 is 18.3 Å². The third-order valence-corrected chi connectivity index (χ3v) is 3.00. The highest BCUT2D eigenvalue weighted by Crippen LogP contribution is 2.02. The Kier molecular flexibility index (Phi) is 6.21. The minimum Gasteiger partial charge on any atom is -0.349 e. The predicted molar refractivity (Wildman–Crippen MR) is 80.4 cm³/mol. The maximum absolute atomic E-state index is 11.9. The number of hydrogen-bond acceptors (Lipinski definition) is 3. The molecule has 108 valence electrons. The van der Waals surface area contributed by atoms with Crippen molar-refractivity contribution in [1.29, 1.82) is 0 Å². The van der Waals surface area contributed by atoms with Gasteiger partial charge >= 0.3 is 0 Å². The predicted octanol–water partition coefficient (Wildman–Crippen LogP) is 1.03. The summed E-state index contributed by atoms with van der Waals surface area (Å²) in [5.41, 5.74) is 7.90. The monoisotopic (exact) mass is 294 g/mol. The van der Waals surface area contributed by atoms with E-state index >= 15 is 0 Å². The molecule has 2 rings (SSSR count). The van der Waals surface area contributed by atoms with Crippen LogP contribution in [0.2, 0.25) is 0 Å². The van der Waals surface area contributed by atoms with Crippen molar-refractivity contribution in [3.05, 3.63) is 53.9 Å². The van der Waals surface area contributed by atoms with Gasteiger partial charge in [0, 0.05) is 13.2 Å². The molecule has 0 spiro atoms. The van der Waals surface area contributed by atoms with Gasteiger partial charge in [-0.15, -0.1) is 12.4 Å². The van der Waals surface area contributed by atoms with Crippen LogP contribution in [0.15, 0.2) is 42.6 Å². The highest BCUT2D eigenvalue weighted by atomic mass is 35.5. The summed E-state index contributed by atoms with van der Waals surface area (Å²) in [4.78, 5) is 11.9. The molecule has 5 nitrogen and oxygen atoms in total. The van der Waals surface area contributed by atoms with E-state index < -0.39 is 6.04 Å². The van der Waals surface area contributed by atoms with Gasteiger partial charge in [0.2, 0.25) is 5.91 Å². The number of nitrogens with two attached hydrogens (primary N) is 1. The molecule has 0 saturated heterocycles. The molecule has 0 fully saturated rings. The van der Waals surface area contributed by atoms with Gasteiger partial charge in [0.05, 0.1) is 18.3 Å². The van der Waals surface area contributed by atoms with Gasteiger partial charge in [-0.25, -0.2) is 0 Å². The van der Waals surface area contributed by atoms with Gasteiger partial charge in [-0.05, 0) is 18.1 Å². The Morgan fingerprint density at radius 3 is 2.65 bits per heavy atom. The van der Waals surface area contributed by atoms with Crippen LogP contribution in [0.25, 0.3) is 0 Å². The Hall–Kier alpha value is -1.85. The zero-order chi connectivity index (χ0) is 13.7. The lowest BCUT2D eigenvalue weighted by Crippen LogP contribution is -2.41. The molecule has 3 N–H and O–H groups in total. The second-order valence-electron chi connectivity index (χ2n) is 4.46. The summed E-state index contributed by atoms with van der Waals surface area (Å²) in [6, 6.07) is 11.1. The van der Waals surface area contributed by atoms with Crippen molar-refractivity contribution in [2.45, 2.75) is 19.0 Å². The van der Waals surface area contributed by atoms with Gasteiger partial charge < -0.3 is 11.1 Å². The van der Waals surface area contributed by atoms with E-state index in [2.05, 4.69) is 10.4 Å². The van der Waals surface area contributed by atoms with E-state index in [4.69, 9.17) is 5.73 Å². The zero-order valence-electron chi connectivity index (χ0n) is 11.3. The van der Waals surface area contributed by atoms with Crippen molar-refractivity contribution in [2.24, 2.45) is 12.8 Å². The number of carbonyl (C=O) groups is 1. The normalized spacial score (nSPS) is 11.5. The number of rotatable bonds is 5. The molecule has 0 bridgehead atoms. The average molecular weight is 295 g/mol. The maximum Gasteiger partial charge on any atom is 0.237 e. The van der Waals surface area contributed by atoms with Crippen LogP contribution in [-0.4, -0.2) is 21.7 Å². The molecule has 1 atom stereocenters. The van der Waals surface area contributed by atoms with E-state index in [-0.39, 0.29) is 18.3 Å².